The molecule has 0 radical (unpaired) electrons. The van der Waals surface area contributed by atoms with Gasteiger partial charge in [-0.2, -0.15) is 5.10 Å². The van der Waals surface area contributed by atoms with E-state index in [1.165, 1.54) is 0 Å². The minimum Gasteiger partial charge on any atom is -0.465 e. The fourth-order valence-corrected chi connectivity index (χ4v) is 7.54. The molecule has 2 bridgehead atoms. The van der Waals surface area contributed by atoms with Crippen LogP contribution in [0.1, 0.15) is 57.7 Å². The fourth-order valence-electron chi connectivity index (χ4n) is 7.37. The van der Waals surface area contributed by atoms with Crippen LogP contribution in [0.3, 0.4) is 0 Å². The maximum absolute atomic E-state index is 6.56. The van der Waals surface area contributed by atoms with Crippen molar-refractivity contribution in [1.82, 2.24) is 4.98 Å². The molecule has 8 atom stereocenters. The van der Waals surface area contributed by atoms with E-state index in [1.807, 2.05) is 62.4 Å². The van der Waals surface area contributed by atoms with E-state index in [2.05, 4.69) is 29.4 Å². The summed E-state index contributed by atoms with van der Waals surface area (Å²) in [6, 6.07) is 15.4. The van der Waals surface area contributed by atoms with Gasteiger partial charge in [-0.05, 0) is 99.0 Å². The van der Waals surface area contributed by atoms with Crippen LogP contribution in [0.2, 0.25) is 5.02 Å². The van der Waals surface area contributed by atoms with Gasteiger partial charge in [0.15, 0.2) is 11.9 Å². The largest absolute Gasteiger partial charge is 0.465 e. The predicted octanol–water partition coefficient (Wildman–Crippen LogP) is 7.23. The van der Waals surface area contributed by atoms with Crippen LogP contribution in [0, 0.1) is 30.6 Å². The molecule has 1 aromatic heterocycles. The number of rotatable bonds is 5. The van der Waals surface area contributed by atoms with Crippen LogP contribution in [0.5, 0.6) is 5.75 Å². The molecule has 9 heteroatoms. The van der Waals surface area contributed by atoms with Crippen LogP contribution < -0.4 is 10.2 Å². The number of ether oxygens (including phenoxy) is 3. The van der Waals surface area contributed by atoms with Crippen molar-refractivity contribution in [2.24, 2.45) is 28.8 Å². The van der Waals surface area contributed by atoms with Gasteiger partial charge >= 0.3 is 0 Å². The lowest BCUT2D eigenvalue weighted by atomic mass is 9.58. The topological polar surface area (TPSA) is 83.4 Å². The molecular formula is C32H36ClN3O5. The SMILES string of the molecule is Cc1cc(N/N=C/c2ccc(O[C@H]3O[C@@H]4O[C@]5(C)CC[C@H]6[C@H](C)CC[C@@H]([C@H]3C)[C@@]46OO5)cc2)c2cc(Cl)ccc2n1. The number of nitrogens with zero attached hydrogens (tertiary/aromatic N) is 2. The van der Waals surface area contributed by atoms with Crippen molar-refractivity contribution in [3.05, 3.63) is 64.8 Å². The van der Waals surface area contributed by atoms with E-state index in [1.54, 1.807) is 6.21 Å². The van der Waals surface area contributed by atoms with Crippen LogP contribution in [-0.4, -0.2) is 35.2 Å². The summed E-state index contributed by atoms with van der Waals surface area (Å²) in [5.74, 6) is 1.11. The van der Waals surface area contributed by atoms with Gasteiger partial charge in [0.2, 0.25) is 12.1 Å². The summed E-state index contributed by atoms with van der Waals surface area (Å²) in [5, 5.41) is 6.03. The molecule has 5 fully saturated rings. The number of halogens is 1. The van der Waals surface area contributed by atoms with E-state index in [0.717, 1.165) is 59.3 Å². The molecule has 8 rings (SSSR count). The third kappa shape index (κ3) is 4.70. The summed E-state index contributed by atoms with van der Waals surface area (Å²) in [6.07, 6.45) is 4.79. The Morgan fingerprint density at radius 2 is 1.88 bits per heavy atom. The molecule has 216 valence electrons. The van der Waals surface area contributed by atoms with Crippen molar-refractivity contribution in [3.63, 3.8) is 0 Å². The lowest BCUT2D eigenvalue weighted by Gasteiger charge is -2.60. The lowest BCUT2D eigenvalue weighted by Crippen LogP contribution is -2.70. The minimum absolute atomic E-state index is 0.105. The Balaban J connectivity index is 1.06. The van der Waals surface area contributed by atoms with Gasteiger partial charge in [0.1, 0.15) is 5.75 Å². The zero-order valence-electron chi connectivity index (χ0n) is 23.8. The van der Waals surface area contributed by atoms with Gasteiger partial charge in [0, 0.05) is 34.4 Å². The van der Waals surface area contributed by atoms with E-state index in [0.29, 0.717) is 16.9 Å². The number of aryl methyl sites for hydroxylation is 1. The molecular weight excluding hydrogens is 542 g/mol. The van der Waals surface area contributed by atoms with E-state index in [-0.39, 0.29) is 11.8 Å². The molecule has 1 N–H and O–H groups in total. The van der Waals surface area contributed by atoms with Crippen LogP contribution in [0.15, 0.2) is 53.6 Å². The van der Waals surface area contributed by atoms with Crippen LogP contribution in [-0.2, 0) is 19.2 Å². The zero-order valence-corrected chi connectivity index (χ0v) is 24.6. The first-order valence-electron chi connectivity index (χ1n) is 14.6. The lowest BCUT2D eigenvalue weighted by molar-refractivity contribution is -0.575. The molecule has 0 amide bonds. The van der Waals surface area contributed by atoms with Gasteiger partial charge in [0.05, 0.1) is 17.4 Å². The highest BCUT2D eigenvalue weighted by atomic mass is 35.5. The third-order valence-electron chi connectivity index (χ3n) is 9.53. The highest BCUT2D eigenvalue weighted by Gasteiger charge is 2.69. The quantitative estimate of drug-likeness (QED) is 0.194. The number of hydrogen-bond acceptors (Lipinski definition) is 8. The van der Waals surface area contributed by atoms with Crippen molar-refractivity contribution < 1.29 is 24.0 Å². The monoisotopic (exact) mass is 577 g/mol. The highest BCUT2D eigenvalue weighted by molar-refractivity contribution is 6.31. The van der Waals surface area contributed by atoms with Crippen LogP contribution in [0.25, 0.3) is 10.9 Å². The normalized spacial score (nSPS) is 36.2. The molecule has 2 aromatic carbocycles. The Morgan fingerprint density at radius 3 is 2.71 bits per heavy atom. The molecule has 5 heterocycles. The second kappa shape index (κ2) is 10.2. The molecule has 1 spiro atoms. The second-order valence-corrected chi connectivity index (χ2v) is 12.7. The summed E-state index contributed by atoms with van der Waals surface area (Å²) < 4.78 is 19.4. The summed E-state index contributed by atoms with van der Waals surface area (Å²) in [5.41, 5.74) is 6.10. The van der Waals surface area contributed by atoms with Gasteiger partial charge in [0.25, 0.3) is 0 Å². The molecule has 1 saturated carbocycles. The molecule has 1 aliphatic carbocycles. The molecule has 0 unspecified atom stereocenters. The first-order valence-corrected chi connectivity index (χ1v) is 14.9. The van der Waals surface area contributed by atoms with Gasteiger partial charge in [-0.1, -0.05) is 25.4 Å². The maximum Gasteiger partial charge on any atom is 0.205 e. The first kappa shape index (κ1) is 27.1. The number of pyridine rings is 1. The van der Waals surface area contributed by atoms with E-state index in [4.69, 9.17) is 35.6 Å². The van der Waals surface area contributed by atoms with Gasteiger partial charge in [-0.25, -0.2) is 9.78 Å². The van der Waals surface area contributed by atoms with Crippen LogP contribution in [0.4, 0.5) is 5.69 Å². The Kier molecular flexibility index (Phi) is 6.75. The predicted molar refractivity (Wildman–Crippen MR) is 157 cm³/mol. The summed E-state index contributed by atoms with van der Waals surface area (Å²) >= 11 is 6.21. The second-order valence-electron chi connectivity index (χ2n) is 12.3. The van der Waals surface area contributed by atoms with Crippen LogP contribution >= 0.6 is 11.6 Å². The molecule has 5 aliphatic rings. The van der Waals surface area contributed by atoms with Crippen molar-refractivity contribution in [2.45, 2.75) is 77.3 Å². The third-order valence-corrected chi connectivity index (χ3v) is 9.76. The average molecular weight is 578 g/mol. The number of fused-ring (bicyclic) bond motifs is 3. The Labute approximate surface area is 245 Å². The molecule has 41 heavy (non-hydrogen) atoms. The number of aromatic nitrogens is 1. The summed E-state index contributed by atoms with van der Waals surface area (Å²) in [6.45, 7) is 8.41. The molecule has 4 aliphatic heterocycles. The number of nitrogens with one attached hydrogen (secondary N) is 1. The Bertz CT molecular complexity index is 1480. The molecule has 4 saturated heterocycles. The standard InChI is InChI=1S/C32H36ClN3O5/c1-18-5-11-26-20(3)29(38-30-32(26)25(18)13-14-31(4,39-30)40-41-32)37-23-9-6-21(7-10-23)17-34-36-28-15-19(2)35-27-12-8-22(33)16-24(27)28/h6-10,12,15-18,20,25-26,29-30H,5,11,13-14H2,1-4H3,(H,35,36)/b34-17+/t18-,20-,25+,26+,29+,30-,31+,32-/m1/s1. The van der Waals surface area contributed by atoms with E-state index < -0.39 is 24.0 Å². The minimum atomic E-state index is -0.800. The van der Waals surface area contributed by atoms with Gasteiger partial charge in [-0.3, -0.25) is 10.4 Å². The van der Waals surface area contributed by atoms with Crippen molar-refractivity contribution in [1.29, 1.82) is 0 Å². The van der Waals surface area contributed by atoms with Crippen molar-refractivity contribution in [3.8, 4) is 5.75 Å². The fraction of sp³-hybridized carbons (Fsp3) is 0.500. The average Bonchev–Trinajstić information content (AvgIpc) is 3.18. The summed E-state index contributed by atoms with van der Waals surface area (Å²) in [4.78, 5) is 16.7. The Hall–Kier alpha value is -2.75. The smallest absolute Gasteiger partial charge is 0.205 e. The first-order chi connectivity index (χ1) is 19.7. The molecule has 8 nitrogen and oxygen atoms in total. The Morgan fingerprint density at radius 1 is 1.05 bits per heavy atom. The summed E-state index contributed by atoms with van der Waals surface area (Å²) in [7, 11) is 0. The number of hydrazone groups is 1. The van der Waals surface area contributed by atoms with E-state index in [9.17, 15) is 0 Å². The van der Waals surface area contributed by atoms with Gasteiger partial charge in [-0.15, -0.1) is 0 Å². The molecule has 3 aromatic rings. The number of hydrogen-bond donors (Lipinski definition) is 1. The zero-order chi connectivity index (χ0) is 28.4. The maximum atomic E-state index is 6.56. The van der Waals surface area contributed by atoms with Gasteiger partial charge < -0.3 is 14.2 Å². The number of anilines is 1. The van der Waals surface area contributed by atoms with Crippen molar-refractivity contribution in [2.75, 3.05) is 5.43 Å². The highest BCUT2D eigenvalue weighted by Crippen LogP contribution is 2.60. The van der Waals surface area contributed by atoms with Crippen molar-refractivity contribution >= 4 is 34.4 Å². The number of benzene rings is 2. The van der Waals surface area contributed by atoms with E-state index >= 15 is 0 Å².